The minimum atomic E-state index is -0.611. The number of nitrogens with one attached hydrogen (secondary N) is 2. The number of para-hydroxylation sites is 2. The van der Waals surface area contributed by atoms with Gasteiger partial charge in [0.1, 0.15) is 11.8 Å². The summed E-state index contributed by atoms with van der Waals surface area (Å²) < 4.78 is 7.17. The van der Waals surface area contributed by atoms with Gasteiger partial charge in [0.25, 0.3) is 0 Å². The summed E-state index contributed by atoms with van der Waals surface area (Å²) in [6.07, 6.45) is 0.0341. The highest BCUT2D eigenvalue weighted by atomic mass is 16.5. The standard InChI is InChI=1S/C19H18N4O3/c1-2-26-13-9-7-12(8-10-13)20-17(24)11-16-18(25)22-19-21-14-5-3-4-6-15(14)23(16)19/h3-10,16H,2,11H2,1H3,(H,20,24)(H,21,22,25)/t16-/m1/s1. The van der Waals surface area contributed by atoms with Crippen LogP contribution < -0.4 is 15.4 Å². The molecule has 26 heavy (non-hydrogen) atoms. The number of anilines is 2. The predicted molar refractivity (Wildman–Crippen MR) is 98.3 cm³/mol. The Morgan fingerprint density at radius 2 is 2.00 bits per heavy atom. The number of hydrogen-bond acceptors (Lipinski definition) is 4. The van der Waals surface area contributed by atoms with E-state index in [0.29, 0.717) is 18.2 Å². The molecule has 0 aliphatic carbocycles. The molecule has 4 rings (SSSR count). The largest absolute Gasteiger partial charge is 0.494 e. The first kappa shape index (κ1) is 16.1. The molecule has 1 aliphatic rings. The maximum atomic E-state index is 12.4. The molecule has 0 spiro atoms. The summed E-state index contributed by atoms with van der Waals surface area (Å²) in [6, 6.07) is 14.1. The molecule has 2 amide bonds. The number of aromatic nitrogens is 2. The fourth-order valence-electron chi connectivity index (χ4n) is 3.13. The quantitative estimate of drug-likeness (QED) is 0.741. The zero-order valence-corrected chi connectivity index (χ0v) is 14.2. The highest BCUT2D eigenvalue weighted by Gasteiger charge is 2.34. The molecule has 1 atom stereocenters. The number of amides is 2. The molecule has 3 aromatic rings. The number of hydrogen-bond donors (Lipinski definition) is 2. The van der Waals surface area contributed by atoms with Crippen molar-refractivity contribution in [3.63, 3.8) is 0 Å². The van der Waals surface area contributed by atoms with Gasteiger partial charge in [-0.3, -0.25) is 19.5 Å². The lowest BCUT2D eigenvalue weighted by atomic mass is 10.1. The van der Waals surface area contributed by atoms with Crippen molar-refractivity contribution in [3.05, 3.63) is 48.5 Å². The second kappa shape index (κ2) is 6.51. The van der Waals surface area contributed by atoms with Crippen molar-refractivity contribution in [1.82, 2.24) is 9.55 Å². The van der Waals surface area contributed by atoms with Gasteiger partial charge in [0.15, 0.2) is 0 Å². The number of imidazole rings is 1. The number of fused-ring (bicyclic) bond motifs is 3. The van der Waals surface area contributed by atoms with E-state index in [1.807, 2.05) is 31.2 Å². The van der Waals surface area contributed by atoms with Crippen LogP contribution in [0.15, 0.2) is 48.5 Å². The minimum absolute atomic E-state index is 0.0341. The van der Waals surface area contributed by atoms with E-state index in [4.69, 9.17) is 4.74 Å². The Balaban J connectivity index is 1.50. The summed E-state index contributed by atoms with van der Waals surface area (Å²) in [5.41, 5.74) is 2.28. The second-order valence-corrected chi connectivity index (χ2v) is 6.01. The molecule has 2 aromatic carbocycles. The van der Waals surface area contributed by atoms with Gasteiger partial charge in [0.2, 0.25) is 17.8 Å². The van der Waals surface area contributed by atoms with E-state index in [1.54, 1.807) is 28.8 Å². The summed E-state index contributed by atoms with van der Waals surface area (Å²) in [5, 5.41) is 5.57. The highest BCUT2D eigenvalue weighted by Crippen LogP contribution is 2.32. The van der Waals surface area contributed by atoms with Crippen LogP contribution in [-0.2, 0) is 9.59 Å². The monoisotopic (exact) mass is 350 g/mol. The zero-order chi connectivity index (χ0) is 18.1. The molecule has 1 aromatic heterocycles. The number of ether oxygens (including phenoxy) is 1. The first-order valence-corrected chi connectivity index (χ1v) is 8.46. The van der Waals surface area contributed by atoms with Gasteiger partial charge >= 0.3 is 0 Å². The van der Waals surface area contributed by atoms with E-state index in [-0.39, 0.29) is 18.2 Å². The molecule has 7 heteroatoms. The first-order chi connectivity index (χ1) is 12.7. The zero-order valence-electron chi connectivity index (χ0n) is 14.2. The Morgan fingerprint density at radius 1 is 1.23 bits per heavy atom. The van der Waals surface area contributed by atoms with Gasteiger partial charge in [0.05, 0.1) is 24.1 Å². The van der Waals surface area contributed by atoms with Gasteiger partial charge < -0.3 is 10.1 Å². The minimum Gasteiger partial charge on any atom is -0.494 e. The Hall–Kier alpha value is -3.35. The molecular formula is C19H18N4O3. The number of benzene rings is 2. The van der Waals surface area contributed by atoms with Crippen molar-refractivity contribution in [1.29, 1.82) is 0 Å². The SMILES string of the molecule is CCOc1ccc(NC(=O)C[C@@H]2C(=O)Nc3nc4ccccc4n32)cc1. The van der Waals surface area contributed by atoms with Crippen LogP contribution in [0.25, 0.3) is 11.0 Å². The van der Waals surface area contributed by atoms with E-state index in [1.165, 1.54) is 0 Å². The lowest BCUT2D eigenvalue weighted by molar-refractivity contribution is -0.123. The van der Waals surface area contributed by atoms with E-state index in [9.17, 15) is 9.59 Å². The average Bonchev–Trinajstić information content (AvgIpc) is 3.13. The summed E-state index contributed by atoms with van der Waals surface area (Å²) in [5.74, 6) is 0.769. The molecule has 0 saturated carbocycles. The van der Waals surface area contributed by atoms with Crippen LogP contribution in [0.2, 0.25) is 0 Å². The summed E-state index contributed by atoms with van der Waals surface area (Å²) in [6.45, 7) is 2.50. The lowest BCUT2D eigenvalue weighted by Crippen LogP contribution is -2.23. The number of rotatable bonds is 5. The molecule has 0 bridgehead atoms. The normalized spacial score (nSPS) is 15.6. The Kier molecular flexibility index (Phi) is 4.04. The van der Waals surface area contributed by atoms with Gasteiger partial charge in [-0.15, -0.1) is 0 Å². The predicted octanol–water partition coefficient (Wildman–Crippen LogP) is 2.96. The van der Waals surface area contributed by atoms with Crippen LogP contribution in [0.3, 0.4) is 0 Å². The van der Waals surface area contributed by atoms with E-state index < -0.39 is 6.04 Å². The maximum Gasteiger partial charge on any atom is 0.250 e. The van der Waals surface area contributed by atoms with Crippen LogP contribution in [0.5, 0.6) is 5.75 Å². The summed E-state index contributed by atoms with van der Waals surface area (Å²) in [7, 11) is 0. The summed E-state index contributed by atoms with van der Waals surface area (Å²) in [4.78, 5) is 29.1. The molecule has 0 saturated heterocycles. The Labute approximate surface area is 150 Å². The van der Waals surface area contributed by atoms with Crippen molar-refractivity contribution < 1.29 is 14.3 Å². The fraction of sp³-hybridized carbons (Fsp3) is 0.211. The molecule has 1 aliphatic heterocycles. The molecule has 7 nitrogen and oxygen atoms in total. The number of carbonyl (C=O) groups is 2. The maximum absolute atomic E-state index is 12.4. The lowest BCUT2D eigenvalue weighted by Gasteiger charge is -2.12. The van der Waals surface area contributed by atoms with Crippen molar-refractivity contribution in [2.75, 3.05) is 17.2 Å². The Bertz CT molecular complexity index is 978. The molecule has 2 N–H and O–H groups in total. The third kappa shape index (κ3) is 2.88. The third-order valence-electron chi connectivity index (χ3n) is 4.27. The van der Waals surface area contributed by atoms with Crippen LogP contribution >= 0.6 is 0 Å². The average molecular weight is 350 g/mol. The van der Waals surface area contributed by atoms with Gasteiger partial charge in [0, 0.05) is 5.69 Å². The van der Waals surface area contributed by atoms with Gasteiger partial charge in [-0.1, -0.05) is 12.1 Å². The fourth-order valence-corrected chi connectivity index (χ4v) is 3.13. The van der Waals surface area contributed by atoms with Crippen LogP contribution in [0, 0.1) is 0 Å². The number of nitrogens with zero attached hydrogens (tertiary/aromatic N) is 2. The van der Waals surface area contributed by atoms with Gasteiger partial charge in [-0.05, 0) is 43.3 Å². The van der Waals surface area contributed by atoms with Gasteiger partial charge in [-0.2, -0.15) is 0 Å². The van der Waals surface area contributed by atoms with Crippen molar-refractivity contribution in [3.8, 4) is 5.75 Å². The topological polar surface area (TPSA) is 85.2 Å². The Morgan fingerprint density at radius 3 is 2.77 bits per heavy atom. The van der Waals surface area contributed by atoms with E-state index in [2.05, 4.69) is 15.6 Å². The second-order valence-electron chi connectivity index (χ2n) is 6.01. The van der Waals surface area contributed by atoms with Crippen LogP contribution in [0.4, 0.5) is 11.6 Å². The first-order valence-electron chi connectivity index (χ1n) is 8.46. The van der Waals surface area contributed by atoms with E-state index >= 15 is 0 Å². The highest BCUT2D eigenvalue weighted by molar-refractivity contribution is 6.03. The third-order valence-corrected chi connectivity index (χ3v) is 4.27. The van der Waals surface area contributed by atoms with Crippen molar-refractivity contribution >= 4 is 34.5 Å². The van der Waals surface area contributed by atoms with Crippen LogP contribution in [-0.4, -0.2) is 28.0 Å². The number of carbonyl (C=O) groups excluding carboxylic acids is 2. The molecule has 132 valence electrons. The van der Waals surface area contributed by atoms with E-state index in [0.717, 1.165) is 16.8 Å². The van der Waals surface area contributed by atoms with Crippen LogP contribution in [0.1, 0.15) is 19.4 Å². The van der Waals surface area contributed by atoms with Crippen molar-refractivity contribution in [2.45, 2.75) is 19.4 Å². The molecule has 0 fully saturated rings. The molecule has 0 unspecified atom stereocenters. The van der Waals surface area contributed by atoms with Crippen molar-refractivity contribution in [2.24, 2.45) is 0 Å². The summed E-state index contributed by atoms with van der Waals surface area (Å²) >= 11 is 0. The molecule has 0 radical (unpaired) electrons. The van der Waals surface area contributed by atoms with Gasteiger partial charge in [-0.25, -0.2) is 4.98 Å². The molecule has 2 heterocycles. The smallest absolute Gasteiger partial charge is 0.250 e. The molecular weight excluding hydrogens is 332 g/mol.